The minimum Gasteiger partial charge on any atom is -0.312 e. The van der Waals surface area contributed by atoms with Crippen LogP contribution in [0.5, 0.6) is 0 Å². The summed E-state index contributed by atoms with van der Waals surface area (Å²) in [5.74, 6) is 0.544. The van der Waals surface area contributed by atoms with Crippen LogP contribution < -0.4 is 5.32 Å². The quantitative estimate of drug-likeness (QED) is 0.802. The molecule has 0 aliphatic carbocycles. The Bertz CT molecular complexity index is 454. The molecule has 1 aliphatic rings. The maximum atomic E-state index is 13.9. The maximum absolute atomic E-state index is 13.9. The lowest BCUT2D eigenvalue weighted by Crippen LogP contribution is -2.27. The van der Waals surface area contributed by atoms with Gasteiger partial charge < -0.3 is 5.32 Å². The highest BCUT2D eigenvalue weighted by molar-refractivity contribution is 5.25. The zero-order valence-corrected chi connectivity index (χ0v) is 12.5. The third-order valence-corrected chi connectivity index (χ3v) is 3.53. The highest BCUT2D eigenvalue weighted by Crippen LogP contribution is 2.15. The molecule has 0 saturated heterocycles. The van der Waals surface area contributed by atoms with Crippen molar-refractivity contribution < 1.29 is 4.39 Å². The first-order valence-corrected chi connectivity index (χ1v) is 7.50. The number of rotatable bonds is 6. The van der Waals surface area contributed by atoms with Gasteiger partial charge in [0.2, 0.25) is 0 Å². The third-order valence-electron chi connectivity index (χ3n) is 3.53. The fourth-order valence-corrected chi connectivity index (χ4v) is 2.44. The van der Waals surface area contributed by atoms with Gasteiger partial charge in [-0.15, -0.1) is 0 Å². The molecule has 2 rings (SSSR count). The maximum Gasteiger partial charge on any atom is 0.127 e. The summed E-state index contributed by atoms with van der Waals surface area (Å²) in [4.78, 5) is 2.28. The Hall–Kier alpha value is -1.19. The van der Waals surface area contributed by atoms with Crippen LogP contribution in [-0.2, 0) is 13.1 Å². The van der Waals surface area contributed by atoms with E-state index in [0.29, 0.717) is 12.5 Å². The first kappa shape index (κ1) is 15.2. The normalized spacial score (nSPS) is 16.0. The van der Waals surface area contributed by atoms with Gasteiger partial charge >= 0.3 is 0 Å². The summed E-state index contributed by atoms with van der Waals surface area (Å²) in [6.45, 7) is 8.82. The summed E-state index contributed by atoms with van der Waals surface area (Å²) < 4.78 is 13.9. The Labute approximate surface area is 121 Å². The van der Waals surface area contributed by atoms with E-state index in [0.717, 1.165) is 43.7 Å². The van der Waals surface area contributed by atoms with Crippen LogP contribution in [0.1, 0.15) is 31.4 Å². The molecule has 0 spiro atoms. The van der Waals surface area contributed by atoms with Crippen molar-refractivity contribution >= 4 is 0 Å². The Kier molecular flexibility index (Phi) is 5.74. The Balaban J connectivity index is 1.95. The molecule has 0 bridgehead atoms. The molecule has 0 atom stereocenters. The number of halogens is 1. The van der Waals surface area contributed by atoms with Gasteiger partial charge in [0.05, 0.1) is 0 Å². The van der Waals surface area contributed by atoms with Gasteiger partial charge in [0, 0.05) is 31.7 Å². The molecule has 1 aliphatic heterocycles. The molecule has 2 nitrogen and oxygen atoms in total. The van der Waals surface area contributed by atoms with Crippen LogP contribution in [-0.4, -0.2) is 24.5 Å². The van der Waals surface area contributed by atoms with E-state index >= 15 is 0 Å². The summed E-state index contributed by atoms with van der Waals surface area (Å²) in [6, 6.07) is 5.48. The number of benzene rings is 1. The average Bonchev–Trinajstić information content (AvgIpc) is 2.43. The van der Waals surface area contributed by atoms with Crippen molar-refractivity contribution in [3.8, 4) is 0 Å². The number of nitrogens with one attached hydrogen (secondary N) is 1. The smallest absolute Gasteiger partial charge is 0.127 e. The van der Waals surface area contributed by atoms with Crippen molar-refractivity contribution in [3.05, 3.63) is 47.3 Å². The van der Waals surface area contributed by atoms with E-state index < -0.39 is 0 Å². The minimum absolute atomic E-state index is 0.0906. The molecule has 1 aromatic carbocycles. The second kappa shape index (κ2) is 7.55. The van der Waals surface area contributed by atoms with Crippen molar-refractivity contribution in [1.82, 2.24) is 10.2 Å². The molecule has 0 unspecified atom stereocenters. The van der Waals surface area contributed by atoms with Gasteiger partial charge in [-0.2, -0.15) is 0 Å². The Morgan fingerprint density at radius 2 is 2.15 bits per heavy atom. The summed E-state index contributed by atoms with van der Waals surface area (Å²) in [5, 5.41) is 3.40. The topological polar surface area (TPSA) is 15.3 Å². The fourth-order valence-electron chi connectivity index (χ4n) is 2.44. The number of nitrogens with zero attached hydrogens (tertiary/aromatic N) is 1. The monoisotopic (exact) mass is 276 g/mol. The first-order valence-electron chi connectivity index (χ1n) is 7.50. The zero-order chi connectivity index (χ0) is 14.4. The fraction of sp³-hybridized carbons (Fsp3) is 0.529. The van der Waals surface area contributed by atoms with Crippen molar-refractivity contribution in [2.45, 2.75) is 33.4 Å². The summed E-state index contributed by atoms with van der Waals surface area (Å²) in [6.07, 6.45) is 5.42. The predicted molar refractivity (Wildman–Crippen MR) is 82.0 cm³/mol. The molecule has 0 saturated carbocycles. The van der Waals surface area contributed by atoms with E-state index in [1.54, 1.807) is 6.07 Å². The molecule has 0 radical (unpaired) electrons. The molecule has 1 aromatic rings. The average molecular weight is 276 g/mol. The van der Waals surface area contributed by atoms with Crippen LogP contribution in [0.2, 0.25) is 0 Å². The van der Waals surface area contributed by atoms with Crippen molar-refractivity contribution in [1.29, 1.82) is 0 Å². The molecule has 110 valence electrons. The SMILES string of the molecule is CC(C)CNCc1ccc(F)c(CN2CC=CCC2)c1. The Morgan fingerprint density at radius 1 is 1.30 bits per heavy atom. The molecular weight excluding hydrogens is 251 g/mol. The lowest BCUT2D eigenvalue weighted by Gasteiger charge is -2.23. The van der Waals surface area contributed by atoms with Gasteiger partial charge in [-0.25, -0.2) is 4.39 Å². The summed E-state index contributed by atoms with van der Waals surface area (Å²) >= 11 is 0. The van der Waals surface area contributed by atoms with E-state index in [1.807, 2.05) is 12.1 Å². The van der Waals surface area contributed by atoms with Crippen molar-refractivity contribution in [2.75, 3.05) is 19.6 Å². The van der Waals surface area contributed by atoms with Crippen LogP contribution in [0.25, 0.3) is 0 Å². The molecule has 1 heterocycles. The molecule has 0 fully saturated rings. The lowest BCUT2D eigenvalue weighted by molar-refractivity contribution is 0.286. The molecular formula is C17H25FN2. The summed E-state index contributed by atoms with van der Waals surface area (Å²) in [5.41, 5.74) is 1.97. The van der Waals surface area contributed by atoms with Crippen molar-refractivity contribution in [3.63, 3.8) is 0 Å². The van der Waals surface area contributed by atoms with Crippen molar-refractivity contribution in [2.24, 2.45) is 5.92 Å². The Morgan fingerprint density at radius 3 is 2.85 bits per heavy atom. The van der Waals surface area contributed by atoms with Gasteiger partial charge in [0.15, 0.2) is 0 Å². The van der Waals surface area contributed by atoms with Gasteiger partial charge in [-0.05, 0) is 30.5 Å². The van der Waals surface area contributed by atoms with Gasteiger partial charge in [0.1, 0.15) is 5.82 Å². The van der Waals surface area contributed by atoms with Gasteiger partial charge in [-0.3, -0.25) is 4.90 Å². The standard InChI is InChI=1S/C17H25FN2/c1-14(2)11-19-12-15-6-7-17(18)16(10-15)13-20-8-4-3-5-9-20/h3-4,6-7,10,14,19H,5,8-9,11-13H2,1-2H3. The number of hydrogen-bond acceptors (Lipinski definition) is 2. The number of hydrogen-bond donors (Lipinski definition) is 1. The van der Waals surface area contributed by atoms with Gasteiger partial charge in [-0.1, -0.05) is 38.1 Å². The molecule has 3 heteroatoms. The minimum atomic E-state index is -0.0906. The zero-order valence-electron chi connectivity index (χ0n) is 12.5. The van der Waals surface area contributed by atoms with E-state index in [9.17, 15) is 4.39 Å². The van der Waals surface area contributed by atoms with E-state index in [-0.39, 0.29) is 5.82 Å². The molecule has 1 N–H and O–H groups in total. The highest BCUT2D eigenvalue weighted by atomic mass is 19.1. The van der Waals surface area contributed by atoms with Crippen LogP contribution in [0.15, 0.2) is 30.4 Å². The van der Waals surface area contributed by atoms with Crippen LogP contribution >= 0.6 is 0 Å². The first-order chi connectivity index (χ1) is 9.65. The second-order valence-electron chi connectivity index (χ2n) is 5.95. The third kappa shape index (κ3) is 4.73. The molecule has 0 amide bonds. The largest absolute Gasteiger partial charge is 0.312 e. The van der Waals surface area contributed by atoms with Gasteiger partial charge in [0.25, 0.3) is 0 Å². The van der Waals surface area contributed by atoms with E-state index in [2.05, 4.69) is 36.2 Å². The van der Waals surface area contributed by atoms with Crippen LogP contribution in [0.4, 0.5) is 4.39 Å². The van der Waals surface area contributed by atoms with E-state index in [4.69, 9.17) is 0 Å². The molecule has 0 aromatic heterocycles. The second-order valence-corrected chi connectivity index (χ2v) is 5.95. The molecule has 20 heavy (non-hydrogen) atoms. The van der Waals surface area contributed by atoms with E-state index in [1.165, 1.54) is 0 Å². The highest BCUT2D eigenvalue weighted by Gasteiger charge is 2.10. The van der Waals surface area contributed by atoms with Crippen LogP contribution in [0.3, 0.4) is 0 Å². The summed E-state index contributed by atoms with van der Waals surface area (Å²) in [7, 11) is 0. The van der Waals surface area contributed by atoms with Crippen LogP contribution in [0, 0.1) is 11.7 Å². The lowest BCUT2D eigenvalue weighted by atomic mass is 10.1. The predicted octanol–water partition coefficient (Wildman–Crippen LogP) is 3.33.